The molecule has 0 aliphatic carbocycles. The molecule has 17 heavy (non-hydrogen) atoms. The fraction of sp³-hybridized carbons (Fsp3) is 0.692. The van der Waals surface area contributed by atoms with Crippen molar-refractivity contribution < 1.29 is 0 Å². The molecule has 1 heterocycles. The molecule has 0 aliphatic rings. The van der Waals surface area contributed by atoms with Crippen LogP contribution in [0.15, 0.2) is 17.2 Å². The molecule has 0 fully saturated rings. The average Bonchev–Trinajstić information content (AvgIpc) is 2.30. The minimum Gasteiger partial charge on any atom is -0.363 e. The summed E-state index contributed by atoms with van der Waals surface area (Å²) >= 11 is 0. The van der Waals surface area contributed by atoms with Gasteiger partial charge in [-0.2, -0.15) is 0 Å². The second-order valence-electron chi connectivity index (χ2n) is 4.62. The number of nitrogens with zero attached hydrogens (tertiary/aromatic N) is 2. The molecule has 0 bridgehead atoms. The molecule has 0 amide bonds. The highest BCUT2D eigenvalue weighted by molar-refractivity contribution is 5.32. The van der Waals surface area contributed by atoms with Crippen LogP contribution in [0, 0.1) is 0 Å². The lowest BCUT2D eigenvalue weighted by Gasteiger charge is -2.17. The topological polar surface area (TPSA) is 46.9 Å². The number of anilines is 1. The molecule has 0 spiro atoms. The number of hydrogen-bond acceptors (Lipinski definition) is 3. The van der Waals surface area contributed by atoms with Crippen molar-refractivity contribution >= 4 is 5.82 Å². The van der Waals surface area contributed by atoms with Gasteiger partial charge in [0.25, 0.3) is 5.56 Å². The Balaban J connectivity index is 2.91. The first-order valence-electron chi connectivity index (χ1n) is 6.43. The molecule has 96 valence electrons. The van der Waals surface area contributed by atoms with Crippen molar-refractivity contribution in [2.45, 2.75) is 59.0 Å². The Kier molecular flexibility index (Phi) is 5.19. The zero-order valence-corrected chi connectivity index (χ0v) is 11.2. The SMILES string of the molecule is CCCC(CC)Nc1nccn(C(C)C)c1=O. The van der Waals surface area contributed by atoms with Gasteiger partial charge in [-0.15, -0.1) is 0 Å². The second kappa shape index (κ2) is 6.42. The second-order valence-corrected chi connectivity index (χ2v) is 4.62. The lowest BCUT2D eigenvalue weighted by molar-refractivity contribution is 0.569. The fourth-order valence-corrected chi connectivity index (χ4v) is 1.85. The first-order chi connectivity index (χ1) is 8.10. The third kappa shape index (κ3) is 3.58. The van der Waals surface area contributed by atoms with Gasteiger partial charge < -0.3 is 9.88 Å². The number of rotatable bonds is 6. The van der Waals surface area contributed by atoms with Crippen molar-refractivity contribution in [2.75, 3.05) is 5.32 Å². The minimum absolute atomic E-state index is 0.0305. The van der Waals surface area contributed by atoms with Gasteiger partial charge in [-0.3, -0.25) is 4.79 Å². The van der Waals surface area contributed by atoms with Crippen LogP contribution in [-0.4, -0.2) is 15.6 Å². The Morgan fingerprint density at radius 2 is 2.12 bits per heavy atom. The largest absolute Gasteiger partial charge is 0.363 e. The van der Waals surface area contributed by atoms with Gasteiger partial charge in [0.2, 0.25) is 0 Å². The van der Waals surface area contributed by atoms with E-state index in [2.05, 4.69) is 24.1 Å². The third-order valence-electron chi connectivity index (χ3n) is 2.90. The number of nitrogens with one attached hydrogen (secondary N) is 1. The summed E-state index contributed by atoms with van der Waals surface area (Å²) in [6, 6.07) is 0.500. The van der Waals surface area contributed by atoms with Crippen LogP contribution in [0.3, 0.4) is 0 Å². The van der Waals surface area contributed by atoms with Gasteiger partial charge in [0, 0.05) is 24.5 Å². The zero-order chi connectivity index (χ0) is 12.8. The molecule has 0 aliphatic heterocycles. The first kappa shape index (κ1) is 13.7. The summed E-state index contributed by atoms with van der Waals surface area (Å²) in [6.07, 6.45) is 6.60. The summed E-state index contributed by atoms with van der Waals surface area (Å²) in [5.41, 5.74) is -0.0305. The van der Waals surface area contributed by atoms with Crippen LogP contribution in [0.2, 0.25) is 0 Å². The van der Waals surface area contributed by atoms with Crippen molar-refractivity contribution in [1.82, 2.24) is 9.55 Å². The van der Waals surface area contributed by atoms with Gasteiger partial charge in [-0.25, -0.2) is 4.98 Å². The Labute approximate surface area is 103 Å². The molecule has 0 radical (unpaired) electrons. The molecule has 0 saturated heterocycles. The monoisotopic (exact) mass is 237 g/mol. The van der Waals surface area contributed by atoms with Crippen molar-refractivity contribution in [1.29, 1.82) is 0 Å². The molecule has 1 unspecified atom stereocenters. The van der Waals surface area contributed by atoms with Crippen LogP contribution in [-0.2, 0) is 0 Å². The predicted octanol–water partition coefficient (Wildman–Crippen LogP) is 2.81. The van der Waals surface area contributed by atoms with E-state index < -0.39 is 0 Å². The molecule has 1 rings (SSSR count). The third-order valence-corrected chi connectivity index (χ3v) is 2.90. The highest BCUT2D eigenvalue weighted by Gasteiger charge is 2.11. The molecule has 0 aromatic carbocycles. The molecule has 1 aromatic heterocycles. The van der Waals surface area contributed by atoms with Crippen molar-refractivity contribution in [3.63, 3.8) is 0 Å². The molecule has 1 atom stereocenters. The number of hydrogen-bond donors (Lipinski definition) is 1. The van der Waals surface area contributed by atoms with E-state index in [0.717, 1.165) is 19.3 Å². The summed E-state index contributed by atoms with van der Waals surface area (Å²) in [5, 5.41) is 3.25. The molecule has 0 saturated carbocycles. The van der Waals surface area contributed by atoms with Gasteiger partial charge in [-0.05, 0) is 26.7 Å². The standard InChI is InChI=1S/C13H23N3O/c1-5-7-11(6-2)15-12-13(17)16(10(3)4)9-8-14-12/h8-11H,5-7H2,1-4H3,(H,14,15). The molecule has 4 heteroatoms. The van der Waals surface area contributed by atoms with Crippen molar-refractivity contribution in [3.8, 4) is 0 Å². The Morgan fingerprint density at radius 3 is 2.65 bits per heavy atom. The van der Waals surface area contributed by atoms with Crippen LogP contribution >= 0.6 is 0 Å². The normalized spacial score (nSPS) is 12.8. The van der Waals surface area contributed by atoms with Gasteiger partial charge >= 0.3 is 0 Å². The van der Waals surface area contributed by atoms with E-state index in [0.29, 0.717) is 11.9 Å². The molecule has 4 nitrogen and oxygen atoms in total. The summed E-state index contributed by atoms with van der Waals surface area (Å²) < 4.78 is 1.70. The lowest BCUT2D eigenvalue weighted by Crippen LogP contribution is -2.29. The van der Waals surface area contributed by atoms with E-state index in [1.165, 1.54) is 0 Å². The quantitative estimate of drug-likeness (QED) is 0.827. The van der Waals surface area contributed by atoms with Crippen LogP contribution in [0.4, 0.5) is 5.82 Å². The van der Waals surface area contributed by atoms with E-state index >= 15 is 0 Å². The first-order valence-corrected chi connectivity index (χ1v) is 6.43. The highest BCUT2D eigenvalue weighted by Crippen LogP contribution is 2.08. The van der Waals surface area contributed by atoms with E-state index in [9.17, 15) is 4.79 Å². The fourth-order valence-electron chi connectivity index (χ4n) is 1.85. The maximum atomic E-state index is 12.1. The smallest absolute Gasteiger partial charge is 0.293 e. The minimum atomic E-state index is -0.0305. The Morgan fingerprint density at radius 1 is 1.41 bits per heavy atom. The van der Waals surface area contributed by atoms with Gasteiger partial charge in [-0.1, -0.05) is 20.3 Å². The van der Waals surface area contributed by atoms with Gasteiger partial charge in [0.1, 0.15) is 0 Å². The molecule has 1 aromatic rings. The Hall–Kier alpha value is -1.32. The number of aromatic nitrogens is 2. The van der Waals surface area contributed by atoms with Crippen molar-refractivity contribution in [3.05, 3.63) is 22.7 Å². The molecule has 1 N–H and O–H groups in total. The van der Waals surface area contributed by atoms with Crippen molar-refractivity contribution in [2.24, 2.45) is 0 Å². The zero-order valence-electron chi connectivity index (χ0n) is 11.2. The predicted molar refractivity (Wildman–Crippen MR) is 71.5 cm³/mol. The van der Waals surface area contributed by atoms with E-state index in [1.807, 2.05) is 13.8 Å². The summed E-state index contributed by atoms with van der Waals surface area (Å²) in [5.74, 6) is 0.474. The maximum Gasteiger partial charge on any atom is 0.293 e. The van der Waals surface area contributed by atoms with E-state index in [1.54, 1.807) is 17.0 Å². The van der Waals surface area contributed by atoms with Crippen LogP contribution < -0.4 is 10.9 Å². The van der Waals surface area contributed by atoms with E-state index in [4.69, 9.17) is 0 Å². The maximum absolute atomic E-state index is 12.1. The van der Waals surface area contributed by atoms with E-state index in [-0.39, 0.29) is 11.6 Å². The summed E-state index contributed by atoms with van der Waals surface area (Å²) in [4.78, 5) is 16.3. The summed E-state index contributed by atoms with van der Waals surface area (Å²) in [6.45, 7) is 8.26. The average molecular weight is 237 g/mol. The van der Waals surface area contributed by atoms with Crippen LogP contribution in [0.5, 0.6) is 0 Å². The van der Waals surface area contributed by atoms with Gasteiger partial charge in [0.15, 0.2) is 5.82 Å². The molecular formula is C13H23N3O. The summed E-state index contributed by atoms with van der Waals surface area (Å²) in [7, 11) is 0. The highest BCUT2D eigenvalue weighted by atomic mass is 16.1. The lowest BCUT2D eigenvalue weighted by atomic mass is 10.1. The van der Waals surface area contributed by atoms with Crippen LogP contribution in [0.1, 0.15) is 53.0 Å². The van der Waals surface area contributed by atoms with Crippen LogP contribution in [0.25, 0.3) is 0 Å². The Bertz CT molecular complexity index is 398. The molecular weight excluding hydrogens is 214 g/mol. The van der Waals surface area contributed by atoms with Gasteiger partial charge in [0.05, 0.1) is 0 Å².